The highest BCUT2D eigenvalue weighted by atomic mass is 35.5. The predicted octanol–water partition coefficient (Wildman–Crippen LogP) is 4.94. The van der Waals surface area contributed by atoms with E-state index in [0.717, 1.165) is 23.4 Å². The molecule has 1 heterocycles. The molecule has 0 aliphatic carbocycles. The van der Waals surface area contributed by atoms with Crippen LogP contribution in [0.5, 0.6) is 0 Å². The summed E-state index contributed by atoms with van der Waals surface area (Å²) in [6.07, 6.45) is 3.57. The van der Waals surface area contributed by atoms with Crippen molar-refractivity contribution in [2.45, 2.75) is 12.3 Å². The fraction of sp³-hybridized carbons (Fsp3) is 0.211. The normalized spacial score (nSPS) is 17.8. The second kappa shape index (κ2) is 7.24. The Kier molecular flexibility index (Phi) is 5.09. The molecule has 1 fully saturated rings. The largest absolute Gasteiger partial charge is 0.322 e. The van der Waals surface area contributed by atoms with Crippen LogP contribution in [0, 0.1) is 6.92 Å². The number of amides is 1. The number of carbonyl (C=O) groups is 1. The van der Waals surface area contributed by atoms with Crippen molar-refractivity contribution in [1.82, 2.24) is 4.90 Å². The quantitative estimate of drug-likeness (QED) is 0.736. The van der Waals surface area contributed by atoms with Crippen LogP contribution in [0.1, 0.15) is 22.1 Å². The lowest BCUT2D eigenvalue weighted by atomic mass is 10.1. The minimum absolute atomic E-state index is 0.0442. The third-order valence-corrected chi connectivity index (χ3v) is 5.40. The van der Waals surface area contributed by atoms with Gasteiger partial charge in [-0.05, 0) is 41.8 Å². The van der Waals surface area contributed by atoms with Crippen LogP contribution < -0.4 is 0 Å². The van der Waals surface area contributed by atoms with Gasteiger partial charge in [-0.15, -0.1) is 11.8 Å². The molecular weight excluding hydrogens is 326 g/mol. The predicted molar refractivity (Wildman–Crippen MR) is 98.6 cm³/mol. The fourth-order valence-electron chi connectivity index (χ4n) is 2.66. The summed E-state index contributed by atoms with van der Waals surface area (Å²) in [7, 11) is 0. The summed E-state index contributed by atoms with van der Waals surface area (Å²) in [5.74, 6) is 0.990. The molecule has 1 unspecified atom stereocenters. The molecule has 0 saturated carbocycles. The summed E-state index contributed by atoms with van der Waals surface area (Å²) >= 11 is 7.86. The van der Waals surface area contributed by atoms with E-state index < -0.39 is 0 Å². The molecule has 0 spiro atoms. The minimum Gasteiger partial charge on any atom is -0.322 e. The number of nitrogens with zero attached hydrogens (tertiary/aromatic N) is 1. The number of benzene rings is 2. The van der Waals surface area contributed by atoms with E-state index in [9.17, 15) is 4.79 Å². The number of rotatable bonds is 3. The van der Waals surface area contributed by atoms with Crippen LogP contribution in [0.15, 0.2) is 54.6 Å². The molecule has 3 rings (SSSR count). The van der Waals surface area contributed by atoms with E-state index in [1.807, 2.05) is 66.4 Å². The van der Waals surface area contributed by atoms with Gasteiger partial charge in [-0.1, -0.05) is 48.0 Å². The topological polar surface area (TPSA) is 20.3 Å². The van der Waals surface area contributed by atoms with Gasteiger partial charge in [0.2, 0.25) is 5.91 Å². The van der Waals surface area contributed by atoms with Crippen LogP contribution in [0.3, 0.4) is 0 Å². The molecule has 4 heteroatoms. The first-order chi connectivity index (χ1) is 11.1. The van der Waals surface area contributed by atoms with Gasteiger partial charge in [0.25, 0.3) is 0 Å². The van der Waals surface area contributed by atoms with Gasteiger partial charge in [-0.25, -0.2) is 0 Å². The van der Waals surface area contributed by atoms with E-state index >= 15 is 0 Å². The summed E-state index contributed by atoms with van der Waals surface area (Å²) < 4.78 is 0. The van der Waals surface area contributed by atoms with E-state index in [0.29, 0.717) is 5.02 Å². The first-order valence-electron chi connectivity index (χ1n) is 7.56. The summed E-state index contributed by atoms with van der Waals surface area (Å²) in [5, 5.41) is 0.751. The molecule has 1 aliphatic rings. The number of hydrogen-bond donors (Lipinski definition) is 0. The number of aryl methyl sites for hydroxylation is 1. The molecule has 0 aromatic heterocycles. The molecule has 2 aromatic carbocycles. The van der Waals surface area contributed by atoms with Gasteiger partial charge >= 0.3 is 0 Å². The Labute approximate surface area is 146 Å². The van der Waals surface area contributed by atoms with Gasteiger partial charge in [-0.3, -0.25) is 4.79 Å². The summed E-state index contributed by atoms with van der Waals surface area (Å²) in [6.45, 7) is 2.81. The van der Waals surface area contributed by atoms with E-state index in [1.54, 1.807) is 17.8 Å². The number of carbonyl (C=O) groups excluding carboxylic acids is 1. The lowest BCUT2D eigenvalue weighted by Crippen LogP contribution is -2.28. The van der Waals surface area contributed by atoms with Crippen molar-refractivity contribution >= 4 is 35.3 Å². The zero-order valence-corrected chi connectivity index (χ0v) is 14.5. The smallest absolute Gasteiger partial charge is 0.247 e. The Morgan fingerprint density at radius 3 is 2.87 bits per heavy atom. The first-order valence-corrected chi connectivity index (χ1v) is 8.99. The molecule has 1 saturated heterocycles. The van der Waals surface area contributed by atoms with Gasteiger partial charge < -0.3 is 4.90 Å². The van der Waals surface area contributed by atoms with Crippen LogP contribution >= 0.6 is 23.4 Å². The number of thioether (sulfide) groups is 1. The van der Waals surface area contributed by atoms with E-state index in [1.165, 1.54) is 5.56 Å². The minimum atomic E-state index is 0.0442. The summed E-state index contributed by atoms with van der Waals surface area (Å²) in [5.41, 5.74) is 3.32. The molecule has 1 aliphatic heterocycles. The fourth-order valence-corrected chi connectivity index (χ4v) is 4.12. The molecule has 118 valence electrons. The third kappa shape index (κ3) is 3.80. The van der Waals surface area contributed by atoms with Gasteiger partial charge in [0, 0.05) is 23.4 Å². The standard InChI is InChI=1S/C19H18ClNOS/c1-14-5-2-3-6-15(14)9-10-18(22)21-11-12-23-19(21)16-7-4-8-17(20)13-16/h2-10,13,19H,11-12H2,1H3/b10-9+. The van der Waals surface area contributed by atoms with Crippen molar-refractivity contribution in [1.29, 1.82) is 0 Å². The summed E-state index contributed by atoms with van der Waals surface area (Å²) in [4.78, 5) is 14.5. The van der Waals surface area contributed by atoms with E-state index in [2.05, 4.69) is 0 Å². The van der Waals surface area contributed by atoms with Crippen LogP contribution in [0.4, 0.5) is 0 Å². The highest BCUT2D eigenvalue weighted by Gasteiger charge is 2.29. The molecule has 23 heavy (non-hydrogen) atoms. The SMILES string of the molecule is Cc1ccccc1/C=C/C(=O)N1CCSC1c1cccc(Cl)c1. The van der Waals surface area contributed by atoms with Crippen molar-refractivity contribution < 1.29 is 4.79 Å². The first kappa shape index (κ1) is 16.2. The molecule has 0 radical (unpaired) electrons. The average molecular weight is 344 g/mol. The van der Waals surface area contributed by atoms with Gasteiger partial charge in [0.05, 0.1) is 0 Å². The van der Waals surface area contributed by atoms with Gasteiger partial charge in [0.15, 0.2) is 0 Å². The molecule has 2 nitrogen and oxygen atoms in total. The van der Waals surface area contributed by atoms with Crippen LogP contribution in [-0.2, 0) is 4.79 Å². The average Bonchev–Trinajstić information content (AvgIpc) is 3.03. The maximum Gasteiger partial charge on any atom is 0.247 e. The molecule has 1 atom stereocenters. The second-order valence-corrected chi connectivity index (χ2v) is 7.12. The van der Waals surface area contributed by atoms with Crippen molar-refractivity contribution in [3.05, 3.63) is 76.3 Å². The van der Waals surface area contributed by atoms with E-state index in [4.69, 9.17) is 11.6 Å². The zero-order chi connectivity index (χ0) is 16.2. The van der Waals surface area contributed by atoms with Crippen LogP contribution in [-0.4, -0.2) is 23.1 Å². The van der Waals surface area contributed by atoms with Crippen LogP contribution in [0.2, 0.25) is 5.02 Å². The van der Waals surface area contributed by atoms with Crippen LogP contribution in [0.25, 0.3) is 6.08 Å². The number of hydrogen-bond acceptors (Lipinski definition) is 2. The lowest BCUT2D eigenvalue weighted by molar-refractivity contribution is -0.126. The number of halogens is 1. The highest BCUT2D eigenvalue weighted by Crippen LogP contribution is 2.38. The highest BCUT2D eigenvalue weighted by molar-refractivity contribution is 7.99. The van der Waals surface area contributed by atoms with E-state index in [-0.39, 0.29) is 11.3 Å². The molecular formula is C19H18ClNOS. The van der Waals surface area contributed by atoms with Gasteiger partial charge in [-0.2, -0.15) is 0 Å². The van der Waals surface area contributed by atoms with Crippen molar-refractivity contribution in [2.75, 3.05) is 12.3 Å². The maximum atomic E-state index is 12.6. The van der Waals surface area contributed by atoms with Crippen molar-refractivity contribution in [2.24, 2.45) is 0 Å². The Morgan fingerprint density at radius 2 is 2.09 bits per heavy atom. The Bertz CT molecular complexity index is 744. The Balaban J connectivity index is 1.77. The second-order valence-electron chi connectivity index (χ2n) is 5.50. The summed E-state index contributed by atoms with van der Waals surface area (Å²) in [6, 6.07) is 15.8. The van der Waals surface area contributed by atoms with Gasteiger partial charge in [0.1, 0.15) is 5.37 Å². The monoisotopic (exact) mass is 343 g/mol. The maximum absolute atomic E-state index is 12.6. The molecule has 0 N–H and O–H groups in total. The van der Waals surface area contributed by atoms with Crippen molar-refractivity contribution in [3.8, 4) is 0 Å². The zero-order valence-electron chi connectivity index (χ0n) is 12.9. The third-order valence-electron chi connectivity index (χ3n) is 3.90. The molecule has 2 aromatic rings. The Hall–Kier alpha value is -1.71. The Morgan fingerprint density at radius 1 is 1.26 bits per heavy atom. The van der Waals surface area contributed by atoms with Crippen molar-refractivity contribution in [3.63, 3.8) is 0 Å². The molecule has 0 bridgehead atoms. The lowest BCUT2D eigenvalue weighted by Gasteiger charge is -2.23. The molecule has 1 amide bonds.